The molecule has 0 aliphatic carbocycles. The summed E-state index contributed by atoms with van der Waals surface area (Å²) in [5.74, 6) is 1.67. The molecule has 0 aliphatic heterocycles. The van der Waals surface area contributed by atoms with E-state index in [0.29, 0.717) is 5.92 Å². The highest BCUT2D eigenvalue weighted by Crippen LogP contribution is 2.21. The van der Waals surface area contributed by atoms with E-state index in [1.54, 1.807) is 0 Å². The van der Waals surface area contributed by atoms with Gasteiger partial charge in [-0.05, 0) is 36.5 Å². The second-order valence-corrected chi connectivity index (χ2v) is 7.97. The van der Waals surface area contributed by atoms with Gasteiger partial charge in [0.2, 0.25) is 0 Å². The molecule has 1 aromatic rings. The van der Waals surface area contributed by atoms with Crippen LogP contribution in [-0.2, 0) is 0 Å². The van der Waals surface area contributed by atoms with E-state index in [1.807, 2.05) is 0 Å². The third kappa shape index (κ3) is 11.6. The standard InChI is InChI=1S/C25H44O/c1-4-6-7-8-9-10-11-12-13-14-15-16-17-22-26-25-20-18-24(19-21-25)23(3)5-2/h18-21,23H,4-17,22H2,1-3H3. The van der Waals surface area contributed by atoms with Crippen LogP contribution in [0, 0.1) is 0 Å². The molecule has 1 atom stereocenters. The predicted octanol–water partition coefficient (Wildman–Crippen LogP) is 8.67. The molecule has 0 spiro atoms. The zero-order chi connectivity index (χ0) is 18.9. The van der Waals surface area contributed by atoms with Gasteiger partial charge in [0.05, 0.1) is 6.61 Å². The van der Waals surface area contributed by atoms with Gasteiger partial charge >= 0.3 is 0 Å². The molecule has 26 heavy (non-hydrogen) atoms. The van der Waals surface area contributed by atoms with Gasteiger partial charge in [0, 0.05) is 0 Å². The molecule has 150 valence electrons. The molecular formula is C25H44O. The number of hydrogen-bond acceptors (Lipinski definition) is 1. The normalized spacial score (nSPS) is 12.3. The maximum Gasteiger partial charge on any atom is 0.119 e. The maximum atomic E-state index is 5.87. The van der Waals surface area contributed by atoms with E-state index in [1.165, 1.54) is 95.5 Å². The van der Waals surface area contributed by atoms with Gasteiger partial charge in [0.25, 0.3) is 0 Å². The smallest absolute Gasteiger partial charge is 0.119 e. The average Bonchev–Trinajstić information content (AvgIpc) is 2.68. The second kappa shape index (κ2) is 16.2. The van der Waals surface area contributed by atoms with Crippen LogP contribution in [0.25, 0.3) is 0 Å². The summed E-state index contributed by atoms with van der Waals surface area (Å²) in [6.07, 6.45) is 19.3. The molecule has 0 saturated heterocycles. The zero-order valence-corrected chi connectivity index (χ0v) is 17.9. The molecule has 0 aliphatic rings. The molecule has 1 unspecified atom stereocenters. The van der Waals surface area contributed by atoms with Gasteiger partial charge in [-0.3, -0.25) is 0 Å². The number of hydrogen-bond donors (Lipinski definition) is 0. The summed E-state index contributed by atoms with van der Waals surface area (Å²) in [7, 11) is 0. The fourth-order valence-corrected chi connectivity index (χ4v) is 3.44. The van der Waals surface area contributed by atoms with Crippen LogP contribution < -0.4 is 4.74 Å². The minimum absolute atomic E-state index is 0.644. The Kier molecular flexibility index (Phi) is 14.4. The van der Waals surface area contributed by atoms with Crippen LogP contribution >= 0.6 is 0 Å². The predicted molar refractivity (Wildman–Crippen MR) is 116 cm³/mol. The summed E-state index contributed by atoms with van der Waals surface area (Å²) in [5, 5.41) is 0. The lowest BCUT2D eigenvalue weighted by Crippen LogP contribution is -1.98. The molecule has 0 aromatic heterocycles. The first-order valence-electron chi connectivity index (χ1n) is 11.5. The topological polar surface area (TPSA) is 9.23 Å². The average molecular weight is 361 g/mol. The lowest BCUT2D eigenvalue weighted by molar-refractivity contribution is 0.304. The van der Waals surface area contributed by atoms with Gasteiger partial charge in [-0.1, -0.05) is 110 Å². The van der Waals surface area contributed by atoms with E-state index in [0.717, 1.165) is 12.4 Å². The maximum absolute atomic E-state index is 5.87. The highest BCUT2D eigenvalue weighted by atomic mass is 16.5. The summed E-state index contributed by atoms with van der Waals surface area (Å²) < 4.78 is 5.87. The van der Waals surface area contributed by atoms with Crippen molar-refractivity contribution in [2.75, 3.05) is 6.61 Å². The first kappa shape index (κ1) is 23.1. The van der Waals surface area contributed by atoms with E-state index in [4.69, 9.17) is 4.74 Å². The minimum atomic E-state index is 0.644. The van der Waals surface area contributed by atoms with Crippen LogP contribution in [0.4, 0.5) is 0 Å². The van der Waals surface area contributed by atoms with Crippen molar-refractivity contribution in [3.63, 3.8) is 0 Å². The summed E-state index contributed by atoms with van der Waals surface area (Å²) in [6, 6.07) is 8.69. The van der Waals surface area contributed by atoms with E-state index in [9.17, 15) is 0 Å². The molecule has 0 saturated carbocycles. The molecule has 0 fully saturated rings. The quantitative estimate of drug-likeness (QED) is 0.252. The van der Waals surface area contributed by atoms with Gasteiger partial charge < -0.3 is 4.74 Å². The number of rotatable bonds is 17. The zero-order valence-electron chi connectivity index (χ0n) is 17.9. The molecule has 1 aromatic carbocycles. The SMILES string of the molecule is CCCCCCCCCCCCCCCOc1ccc(C(C)CC)cc1. The fourth-order valence-electron chi connectivity index (χ4n) is 3.44. The Morgan fingerprint density at radius 3 is 1.58 bits per heavy atom. The van der Waals surface area contributed by atoms with Crippen LogP contribution in [0.15, 0.2) is 24.3 Å². The Balaban J connectivity index is 1.87. The molecule has 0 heterocycles. The van der Waals surface area contributed by atoms with Crippen LogP contribution in [-0.4, -0.2) is 6.61 Å². The Morgan fingerprint density at radius 2 is 1.12 bits per heavy atom. The highest BCUT2D eigenvalue weighted by molar-refractivity contribution is 5.29. The molecule has 1 nitrogen and oxygen atoms in total. The first-order valence-corrected chi connectivity index (χ1v) is 11.5. The molecule has 1 rings (SSSR count). The molecule has 0 N–H and O–H groups in total. The molecule has 0 amide bonds. The fraction of sp³-hybridized carbons (Fsp3) is 0.760. The highest BCUT2D eigenvalue weighted by Gasteiger charge is 2.02. The van der Waals surface area contributed by atoms with Crippen LogP contribution in [0.5, 0.6) is 5.75 Å². The van der Waals surface area contributed by atoms with Crippen molar-refractivity contribution in [2.24, 2.45) is 0 Å². The molecule has 0 bridgehead atoms. The van der Waals surface area contributed by atoms with Gasteiger partial charge in [-0.2, -0.15) is 0 Å². The summed E-state index contributed by atoms with van der Waals surface area (Å²) >= 11 is 0. The van der Waals surface area contributed by atoms with Crippen molar-refractivity contribution in [1.82, 2.24) is 0 Å². The largest absolute Gasteiger partial charge is 0.494 e. The van der Waals surface area contributed by atoms with E-state index in [2.05, 4.69) is 45.0 Å². The third-order valence-electron chi connectivity index (χ3n) is 5.58. The van der Waals surface area contributed by atoms with Crippen LogP contribution in [0.3, 0.4) is 0 Å². The lowest BCUT2D eigenvalue weighted by Gasteiger charge is -2.10. The van der Waals surface area contributed by atoms with Crippen LogP contribution in [0.1, 0.15) is 122 Å². The second-order valence-electron chi connectivity index (χ2n) is 7.97. The first-order chi connectivity index (χ1) is 12.8. The van der Waals surface area contributed by atoms with Crippen LogP contribution in [0.2, 0.25) is 0 Å². The molecule has 0 radical (unpaired) electrons. The number of benzene rings is 1. The summed E-state index contributed by atoms with van der Waals surface area (Å²) in [4.78, 5) is 0. The van der Waals surface area contributed by atoms with Crippen molar-refractivity contribution in [1.29, 1.82) is 0 Å². The Morgan fingerprint density at radius 1 is 0.654 bits per heavy atom. The van der Waals surface area contributed by atoms with Gasteiger partial charge in [-0.25, -0.2) is 0 Å². The van der Waals surface area contributed by atoms with Gasteiger partial charge in [-0.15, -0.1) is 0 Å². The number of unbranched alkanes of at least 4 members (excludes halogenated alkanes) is 12. The van der Waals surface area contributed by atoms with Crippen molar-refractivity contribution in [2.45, 2.75) is 117 Å². The van der Waals surface area contributed by atoms with E-state index in [-0.39, 0.29) is 0 Å². The monoisotopic (exact) mass is 360 g/mol. The summed E-state index contributed by atoms with van der Waals surface area (Å²) in [5.41, 5.74) is 1.42. The minimum Gasteiger partial charge on any atom is -0.494 e. The van der Waals surface area contributed by atoms with Gasteiger partial charge in [0.15, 0.2) is 0 Å². The molecule has 1 heteroatoms. The Labute approximate surface area is 163 Å². The van der Waals surface area contributed by atoms with Gasteiger partial charge in [0.1, 0.15) is 5.75 Å². The number of ether oxygens (including phenoxy) is 1. The van der Waals surface area contributed by atoms with Crippen molar-refractivity contribution in [3.05, 3.63) is 29.8 Å². The lowest BCUT2D eigenvalue weighted by atomic mass is 9.99. The Hall–Kier alpha value is -0.980. The van der Waals surface area contributed by atoms with Crippen molar-refractivity contribution in [3.8, 4) is 5.75 Å². The van der Waals surface area contributed by atoms with E-state index < -0.39 is 0 Å². The van der Waals surface area contributed by atoms with E-state index >= 15 is 0 Å². The third-order valence-corrected chi connectivity index (χ3v) is 5.58. The van der Waals surface area contributed by atoms with Crippen molar-refractivity contribution < 1.29 is 4.74 Å². The molecular weight excluding hydrogens is 316 g/mol. The van der Waals surface area contributed by atoms with Crippen molar-refractivity contribution >= 4 is 0 Å². The Bertz CT molecular complexity index is 409. The summed E-state index contributed by atoms with van der Waals surface area (Å²) in [6.45, 7) is 7.67.